The van der Waals surface area contributed by atoms with Gasteiger partial charge in [0.25, 0.3) is 0 Å². The zero-order valence-corrected chi connectivity index (χ0v) is 30.5. The molecule has 47 heavy (non-hydrogen) atoms. The Morgan fingerprint density at radius 3 is 2.23 bits per heavy atom. The molecule has 0 radical (unpaired) electrons. The van der Waals surface area contributed by atoms with Crippen LogP contribution in [-0.4, -0.2) is 102 Å². The number of nitrogens with zero attached hydrogens (tertiary/aromatic N) is 1. The highest BCUT2D eigenvalue weighted by molar-refractivity contribution is 6.00. The summed E-state index contributed by atoms with van der Waals surface area (Å²) < 4.78 is 30.7. The van der Waals surface area contributed by atoms with Gasteiger partial charge in [-0.1, -0.05) is 34.6 Å². The summed E-state index contributed by atoms with van der Waals surface area (Å²) in [5.74, 6) is -3.14. The quantitative estimate of drug-likeness (QED) is 0.229. The molecule has 2 aliphatic rings. The van der Waals surface area contributed by atoms with Gasteiger partial charge in [-0.2, -0.15) is 0 Å². The van der Waals surface area contributed by atoms with Gasteiger partial charge in [0.1, 0.15) is 23.4 Å². The van der Waals surface area contributed by atoms with E-state index < -0.39 is 83.1 Å². The van der Waals surface area contributed by atoms with Crippen molar-refractivity contribution in [2.75, 3.05) is 20.7 Å². The van der Waals surface area contributed by atoms with Gasteiger partial charge in [-0.05, 0) is 59.9 Å². The minimum atomic E-state index is -1.53. The molecule has 0 spiro atoms. The van der Waals surface area contributed by atoms with Gasteiger partial charge in [0, 0.05) is 44.8 Å². The highest BCUT2D eigenvalue weighted by Gasteiger charge is 2.52. The van der Waals surface area contributed by atoms with E-state index in [0.717, 1.165) is 0 Å². The molecule has 0 aromatic rings. The first-order chi connectivity index (χ1) is 21.8. The molecule has 0 bridgehead atoms. The lowest BCUT2D eigenvalue weighted by molar-refractivity contribution is -0.298. The highest BCUT2D eigenvalue weighted by atomic mass is 16.7. The molecule has 13 atom stereocenters. The molecule has 0 saturated carbocycles. The third kappa shape index (κ3) is 9.42. The number of carbonyl (C=O) groups is 4. The van der Waals surface area contributed by atoms with Crippen molar-refractivity contribution >= 4 is 23.5 Å². The van der Waals surface area contributed by atoms with E-state index in [4.69, 9.17) is 30.1 Å². The average molecular weight is 666 g/mol. The molecule has 2 rings (SSSR count). The first kappa shape index (κ1) is 40.8. The third-order valence-electron chi connectivity index (χ3n) is 10.7. The second-order valence-corrected chi connectivity index (χ2v) is 14.3. The van der Waals surface area contributed by atoms with Crippen LogP contribution >= 0.6 is 0 Å². The molecule has 0 aromatic heterocycles. The molecule has 1 unspecified atom stereocenters. The van der Waals surface area contributed by atoms with Crippen LogP contribution in [-0.2, 0) is 42.9 Å². The number of methoxy groups -OCH3 is 1. The number of esters is 2. The van der Waals surface area contributed by atoms with Gasteiger partial charge in [0.15, 0.2) is 18.2 Å². The van der Waals surface area contributed by atoms with Crippen LogP contribution in [0.4, 0.5) is 0 Å². The summed E-state index contributed by atoms with van der Waals surface area (Å²) in [5, 5.41) is 11.6. The number of terminal acetylenes is 1. The maximum Gasteiger partial charge on any atom is 0.316 e. The van der Waals surface area contributed by atoms with E-state index in [9.17, 15) is 24.3 Å². The number of carbonyl (C=O) groups excluding carboxylic acids is 4. The van der Waals surface area contributed by atoms with Crippen molar-refractivity contribution < 1.29 is 48.0 Å². The molecular formula is C36H59NO10. The number of ketones is 2. The van der Waals surface area contributed by atoms with Crippen molar-refractivity contribution in [1.82, 2.24) is 4.90 Å². The van der Waals surface area contributed by atoms with E-state index in [-0.39, 0.29) is 30.8 Å². The molecule has 2 heterocycles. The maximum atomic E-state index is 14.1. The molecule has 0 amide bonds. The van der Waals surface area contributed by atoms with Gasteiger partial charge in [-0.25, -0.2) is 0 Å². The largest absolute Gasteiger partial charge is 0.459 e. The van der Waals surface area contributed by atoms with E-state index in [1.165, 1.54) is 21.0 Å². The fourth-order valence-corrected chi connectivity index (χ4v) is 7.26. The standard InChI is InChI=1S/C36H59NO10/c1-14-16-17-37(12)27-18-21(4)44-34(31(27)45-26(9)38)47-32-23(6)30(40)24(7)33(41)46-28(15-2)36(11,42)25(8)22(5)29(39)20(3)19-35(32,10)43-13/h1,20-25,27-28,31-32,34,42H,15-19H2,2-13H3/t20-,21-,22-,23+,24-,25?,27+,28-,31-,32-,34+,35-,36+/m1/s1. The minimum absolute atomic E-state index is 0.110. The predicted octanol–water partition coefficient (Wildman–Crippen LogP) is 3.96. The number of ether oxygens (including phenoxy) is 5. The van der Waals surface area contributed by atoms with Crippen LogP contribution in [0.3, 0.4) is 0 Å². The normalized spacial score (nSPS) is 41.1. The predicted molar refractivity (Wildman–Crippen MR) is 176 cm³/mol. The Balaban J connectivity index is 2.68. The number of likely N-dealkylation sites (N-methyl/N-ethyl adjacent to an activating group) is 1. The van der Waals surface area contributed by atoms with Crippen molar-refractivity contribution in [2.45, 2.75) is 143 Å². The zero-order chi connectivity index (χ0) is 36.0. The Morgan fingerprint density at radius 1 is 1.09 bits per heavy atom. The molecule has 0 aromatic carbocycles. The van der Waals surface area contributed by atoms with E-state index in [1.807, 2.05) is 18.9 Å². The number of hydrogen-bond donors (Lipinski definition) is 1. The van der Waals surface area contributed by atoms with Crippen molar-refractivity contribution in [3.05, 3.63) is 0 Å². The molecule has 11 nitrogen and oxygen atoms in total. The highest BCUT2D eigenvalue weighted by Crippen LogP contribution is 2.40. The molecule has 2 aliphatic heterocycles. The Morgan fingerprint density at radius 2 is 1.70 bits per heavy atom. The SMILES string of the molecule is C#CCCN(C)[C@H]1C[C@@H](C)O[C@@H](O[C@@H]2[C@@H](C)C(=O)[C@@H](C)C(=O)O[C@H](CC)[C@@](C)(O)C(C)[C@@H](C)C(=O)[C@H](C)C[C@@]2(C)OC)[C@@H]1OC(C)=O. The van der Waals surface area contributed by atoms with Gasteiger partial charge in [0.2, 0.25) is 0 Å². The number of Topliss-reactive ketones (excluding diaryl/α,β-unsaturated/α-hetero) is 2. The summed E-state index contributed by atoms with van der Waals surface area (Å²) in [4.78, 5) is 55.8. The Bertz CT molecular complexity index is 1150. The number of aliphatic hydroxyl groups is 1. The summed E-state index contributed by atoms with van der Waals surface area (Å²) in [7, 11) is 3.38. The van der Waals surface area contributed by atoms with Crippen molar-refractivity contribution in [1.29, 1.82) is 0 Å². The monoisotopic (exact) mass is 665 g/mol. The van der Waals surface area contributed by atoms with Crippen molar-refractivity contribution in [3.63, 3.8) is 0 Å². The molecule has 11 heteroatoms. The Labute approximate surface area is 281 Å². The van der Waals surface area contributed by atoms with Crippen molar-refractivity contribution in [3.8, 4) is 12.3 Å². The van der Waals surface area contributed by atoms with Crippen LogP contribution < -0.4 is 0 Å². The second-order valence-electron chi connectivity index (χ2n) is 14.3. The van der Waals surface area contributed by atoms with E-state index in [2.05, 4.69) is 5.92 Å². The summed E-state index contributed by atoms with van der Waals surface area (Å²) in [6.45, 7) is 17.3. The summed E-state index contributed by atoms with van der Waals surface area (Å²) in [6, 6.07) is -0.310. The van der Waals surface area contributed by atoms with Crippen LogP contribution in [0.5, 0.6) is 0 Å². The van der Waals surface area contributed by atoms with Gasteiger partial charge in [-0.15, -0.1) is 12.3 Å². The smallest absolute Gasteiger partial charge is 0.316 e. The van der Waals surface area contributed by atoms with Crippen LogP contribution in [0.2, 0.25) is 0 Å². The number of hydrogen-bond acceptors (Lipinski definition) is 11. The van der Waals surface area contributed by atoms with Gasteiger partial charge in [-0.3, -0.25) is 24.1 Å². The number of rotatable bonds is 8. The molecule has 2 fully saturated rings. The Kier molecular flexibility index (Phi) is 14.6. The maximum absolute atomic E-state index is 14.1. The number of cyclic esters (lactones) is 1. The molecule has 1 N–H and O–H groups in total. The third-order valence-corrected chi connectivity index (χ3v) is 10.7. The fourth-order valence-electron chi connectivity index (χ4n) is 7.26. The van der Waals surface area contributed by atoms with Gasteiger partial charge >= 0.3 is 11.9 Å². The van der Waals surface area contributed by atoms with E-state index in [0.29, 0.717) is 19.4 Å². The first-order valence-corrected chi connectivity index (χ1v) is 16.9. The summed E-state index contributed by atoms with van der Waals surface area (Å²) in [5.41, 5.74) is -2.77. The zero-order valence-electron chi connectivity index (χ0n) is 30.5. The topological polar surface area (TPSA) is 138 Å². The average Bonchev–Trinajstić information content (AvgIpc) is 3.02. The molecule has 0 aliphatic carbocycles. The van der Waals surface area contributed by atoms with Crippen LogP contribution in [0.1, 0.15) is 94.9 Å². The summed E-state index contributed by atoms with van der Waals surface area (Å²) in [6.07, 6.45) is 2.71. The fraction of sp³-hybridized carbons (Fsp3) is 0.833. The lowest BCUT2D eigenvalue weighted by atomic mass is 9.71. The molecule has 268 valence electrons. The minimum Gasteiger partial charge on any atom is -0.459 e. The molecule has 2 saturated heterocycles. The second kappa shape index (κ2) is 16.8. The van der Waals surface area contributed by atoms with Gasteiger partial charge in [0.05, 0.1) is 23.9 Å². The van der Waals surface area contributed by atoms with Crippen LogP contribution in [0.15, 0.2) is 0 Å². The van der Waals surface area contributed by atoms with E-state index >= 15 is 0 Å². The molecular weight excluding hydrogens is 606 g/mol. The Hall–Kier alpha value is -2.36. The van der Waals surface area contributed by atoms with Crippen LogP contribution in [0, 0.1) is 41.9 Å². The van der Waals surface area contributed by atoms with Crippen LogP contribution in [0.25, 0.3) is 0 Å². The lowest BCUT2D eigenvalue weighted by Gasteiger charge is -2.48. The lowest BCUT2D eigenvalue weighted by Crippen LogP contribution is -2.60. The van der Waals surface area contributed by atoms with Gasteiger partial charge < -0.3 is 28.8 Å². The summed E-state index contributed by atoms with van der Waals surface area (Å²) >= 11 is 0. The van der Waals surface area contributed by atoms with Crippen molar-refractivity contribution in [2.24, 2.45) is 29.6 Å². The van der Waals surface area contributed by atoms with E-state index in [1.54, 1.807) is 48.5 Å². The first-order valence-electron chi connectivity index (χ1n) is 16.9.